The lowest BCUT2D eigenvalue weighted by atomic mass is 10.1. The van der Waals surface area contributed by atoms with Crippen molar-refractivity contribution in [2.45, 2.75) is 12.7 Å². The highest BCUT2D eigenvalue weighted by Crippen LogP contribution is 2.29. The minimum Gasteiger partial charge on any atom is -0.340 e. The zero-order valence-corrected chi connectivity index (χ0v) is 12.8. The summed E-state index contributed by atoms with van der Waals surface area (Å²) in [5, 5.41) is 0. The molecular formula is C17H14F3N3O. The number of carbonyl (C=O) groups is 1. The van der Waals surface area contributed by atoms with E-state index in [9.17, 15) is 18.0 Å². The van der Waals surface area contributed by atoms with Crippen LogP contribution in [0.25, 0.3) is 11.0 Å². The lowest BCUT2D eigenvalue weighted by Gasteiger charge is -2.16. The van der Waals surface area contributed by atoms with Crippen LogP contribution in [-0.2, 0) is 12.7 Å². The molecule has 0 fully saturated rings. The lowest BCUT2D eigenvalue weighted by molar-refractivity contribution is -0.137. The Kier molecular flexibility index (Phi) is 4.01. The highest BCUT2D eigenvalue weighted by Gasteiger charge is 2.30. The quantitative estimate of drug-likeness (QED) is 0.791. The van der Waals surface area contributed by atoms with E-state index < -0.39 is 11.7 Å². The third-order valence-corrected chi connectivity index (χ3v) is 3.63. The smallest absolute Gasteiger partial charge is 0.340 e. The number of alkyl halides is 3. The zero-order chi connectivity index (χ0) is 17.3. The molecule has 124 valence electrons. The maximum absolute atomic E-state index is 12.6. The zero-order valence-electron chi connectivity index (χ0n) is 12.8. The average Bonchev–Trinajstić information content (AvgIpc) is 2.95. The fourth-order valence-corrected chi connectivity index (χ4v) is 2.40. The van der Waals surface area contributed by atoms with Gasteiger partial charge in [0.05, 0.1) is 23.1 Å². The first-order chi connectivity index (χ1) is 11.3. The number of rotatable bonds is 3. The van der Waals surface area contributed by atoms with Crippen molar-refractivity contribution >= 4 is 16.9 Å². The van der Waals surface area contributed by atoms with E-state index in [0.717, 1.165) is 23.2 Å². The van der Waals surface area contributed by atoms with E-state index in [1.54, 1.807) is 7.05 Å². The highest BCUT2D eigenvalue weighted by atomic mass is 19.4. The van der Waals surface area contributed by atoms with Gasteiger partial charge in [0.1, 0.15) is 5.82 Å². The van der Waals surface area contributed by atoms with Crippen molar-refractivity contribution in [1.82, 2.24) is 14.9 Å². The summed E-state index contributed by atoms with van der Waals surface area (Å²) in [6, 6.07) is 11.6. The minimum atomic E-state index is -4.41. The van der Waals surface area contributed by atoms with Crippen molar-refractivity contribution < 1.29 is 18.0 Å². The summed E-state index contributed by atoms with van der Waals surface area (Å²) in [6.45, 7) is 0.231. The molecule has 0 spiro atoms. The molecule has 1 aromatic heterocycles. The van der Waals surface area contributed by atoms with Crippen molar-refractivity contribution in [2.75, 3.05) is 7.05 Å². The Balaban J connectivity index is 1.74. The maximum Gasteiger partial charge on any atom is 0.416 e. The molecular weight excluding hydrogens is 319 g/mol. The number of aromatic nitrogens is 2. The van der Waals surface area contributed by atoms with Gasteiger partial charge in [-0.1, -0.05) is 12.1 Å². The third kappa shape index (κ3) is 3.24. The highest BCUT2D eigenvalue weighted by molar-refractivity contribution is 5.94. The summed E-state index contributed by atoms with van der Waals surface area (Å²) in [5.74, 6) is 0.239. The number of benzene rings is 2. The number of fused-ring (bicyclic) bond motifs is 1. The fourth-order valence-electron chi connectivity index (χ4n) is 2.40. The Morgan fingerprint density at radius 1 is 1.12 bits per heavy atom. The summed E-state index contributed by atoms with van der Waals surface area (Å²) in [6.07, 6.45) is -4.41. The Hall–Kier alpha value is -2.83. The van der Waals surface area contributed by atoms with Gasteiger partial charge in [-0.05, 0) is 36.4 Å². The molecule has 7 heteroatoms. The Morgan fingerprint density at radius 3 is 2.42 bits per heavy atom. The van der Waals surface area contributed by atoms with Gasteiger partial charge in [-0.15, -0.1) is 0 Å². The van der Waals surface area contributed by atoms with Gasteiger partial charge in [-0.25, -0.2) is 4.98 Å². The monoisotopic (exact) mass is 333 g/mol. The Labute approximate surface area is 135 Å². The van der Waals surface area contributed by atoms with Gasteiger partial charge in [0.25, 0.3) is 5.91 Å². The van der Waals surface area contributed by atoms with Gasteiger partial charge in [-0.2, -0.15) is 13.2 Å². The summed E-state index contributed by atoms with van der Waals surface area (Å²) in [7, 11) is 1.58. The number of nitrogens with one attached hydrogen (secondary N) is 1. The first kappa shape index (κ1) is 16.0. The molecule has 0 aliphatic carbocycles. The maximum atomic E-state index is 12.6. The number of para-hydroxylation sites is 2. The molecule has 1 N–H and O–H groups in total. The number of carbonyl (C=O) groups excluding carboxylic acids is 1. The van der Waals surface area contributed by atoms with Crippen LogP contribution in [-0.4, -0.2) is 27.8 Å². The van der Waals surface area contributed by atoms with E-state index in [-0.39, 0.29) is 18.0 Å². The molecule has 0 saturated carbocycles. The van der Waals surface area contributed by atoms with E-state index >= 15 is 0 Å². The first-order valence-corrected chi connectivity index (χ1v) is 7.21. The van der Waals surface area contributed by atoms with Crippen molar-refractivity contribution in [3.8, 4) is 0 Å². The fraction of sp³-hybridized carbons (Fsp3) is 0.176. The first-order valence-electron chi connectivity index (χ1n) is 7.21. The largest absolute Gasteiger partial charge is 0.416 e. The second-order valence-electron chi connectivity index (χ2n) is 5.44. The number of imidazole rings is 1. The van der Waals surface area contributed by atoms with Gasteiger partial charge < -0.3 is 9.88 Å². The van der Waals surface area contributed by atoms with Crippen LogP contribution in [0.3, 0.4) is 0 Å². The van der Waals surface area contributed by atoms with Crippen LogP contribution in [0.2, 0.25) is 0 Å². The predicted octanol–water partition coefficient (Wildman–Crippen LogP) is 3.85. The van der Waals surface area contributed by atoms with Gasteiger partial charge in [0, 0.05) is 12.6 Å². The van der Waals surface area contributed by atoms with Crippen LogP contribution in [0, 0.1) is 0 Å². The van der Waals surface area contributed by atoms with Crippen molar-refractivity contribution in [3.05, 3.63) is 65.5 Å². The topological polar surface area (TPSA) is 49.0 Å². The molecule has 2 aromatic carbocycles. The van der Waals surface area contributed by atoms with Crippen LogP contribution >= 0.6 is 0 Å². The minimum absolute atomic E-state index is 0.196. The van der Waals surface area contributed by atoms with Crippen molar-refractivity contribution in [2.24, 2.45) is 0 Å². The number of hydrogen-bond donors (Lipinski definition) is 1. The summed E-state index contributed by atoms with van der Waals surface area (Å²) in [5.41, 5.74) is 1.08. The number of halogens is 3. The van der Waals surface area contributed by atoms with Crippen LogP contribution in [0.15, 0.2) is 48.5 Å². The van der Waals surface area contributed by atoms with Crippen molar-refractivity contribution in [3.63, 3.8) is 0 Å². The van der Waals surface area contributed by atoms with E-state index in [2.05, 4.69) is 9.97 Å². The molecule has 0 atom stereocenters. The molecule has 0 aliphatic rings. The van der Waals surface area contributed by atoms with Crippen LogP contribution < -0.4 is 0 Å². The molecule has 0 aliphatic heterocycles. The van der Waals surface area contributed by atoms with Crippen LogP contribution in [0.5, 0.6) is 0 Å². The Bertz CT molecular complexity index is 836. The summed E-state index contributed by atoms with van der Waals surface area (Å²) < 4.78 is 37.7. The SMILES string of the molecule is CN(Cc1nc2ccccc2[nH]1)C(=O)c1ccc(C(F)(F)F)cc1. The molecule has 1 heterocycles. The van der Waals surface area contributed by atoms with Gasteiger partial charge >= 0.3 is 6.18 Å². The molecule has 3 aromatic rings. The van der Waals surface area contributed by atoms with E-state index in [4.69, 9.17) is 0 Å². The van der Waals surface area contributed by atoms with E-state index in [1.165, 1.54) is 17.0 Å². The molecule has 1 amide bonds. The third-order valence-electron chi connectivity index (χ3n) is 3.63. The van der Waals surface area contributed by atoms with Gasteiger partial charge in [0.2, 0.25) is 0 Å². The molecule has 0 saturated heterocycles. The van der Waals surface area contributed by atoms with Crippen LogP contribution in [0.4, 0.5) is 13.2 Å². The molecule has 0 unspecified atom stereocenters. The molecule has 24 heavy (non-hydrogen) atoms. The van der Waals surface area contributed by atoms with E-state index in [1.807, 2.05) is 24.3 Å². The molecule has 0 radical (unpaired) electrons. The normalized spacial score (nSPS) is 11.7. The average molecular weight is 333 g/mol. The standard InChI is InChI=1S/C17H14F3N3O/c1-23(10-15-21-13-4-2-3-5-14(13)22-15)16(24)11-6-8-12(9-7-11)17(18,19)20/h2-9H,10H2,1H3,(H,21,22). The molecule has 0 bridgehead atoms. The van der Waals surface area contributed by atoms with Crippen LogP contribution in [0.1, 0.15) is 21.7 Å². The Morgan fingerprint density at radius 2 is 1.79 bits per heavy atom. The number of H-pyrrole nitrogens is 1. The van der Waals surface area contributed by atoms with E-state index in [0.29, 0.717) is 5.82 Å². The predicted molar refractivity (Wildman–Crippen MR) is 83.3 cm³/mol. The summed E-state index contributed by atoms with van der Waals surface area (Å²) >= 11 is 0. The van der Waals surface area contributed by atoms with Crippen molar-refractivity contribution in [1.29, 1.82) is 0 Å². The molecule has 4 nitrogen and oxygen atoms in total. The number of amides is 1. The molecule has 3 rings (SSSR count). The lowest BCUT2D eigenvalue weighted by Crippen LogP contribution is -2.26. The second-order valence-corrected chi connectivity index (χ2v) is 5.44. The summed E-state index contributed by atoms with van der Waals surface area (Å²) in [4.78, 5) is 21.2. The van der Waals surface area contributed by atoms with Gasteiger partial charge in [-0.3, -0.25) is 4.79 Å². The number of aromatic amines is 1. The number of hydrogen-bond acceptors (Lipinski definition) is 2. The number of nitrogens with zero attached hydrogens (tertiary/aromatic N) is 2. The second kappa shape index (κ2) is 5.99. The van der Waals surface area contributed by atoms with Gasteiger partial charge in [0.15, 0.2) is 0 Å².